The number of ether oxygens (including phenoxy) is 5. The van der Waals surface area contributed by atoms with Crippen molar-refractivity contribution in [2.24, 2.45) is 5.92 Å². The van der Waals surface area contributed by atoms with E-state index in [1.165, 1.54) is 19.1 Å². The predicted molar refractivity (Wildman–Crippen MR) is 127 cm³/mol. The average Bonchev–Trinajstić information content (AvgIpc) is 3.07. The molecule has 0 spiro atoms. The summed E-state index contributed by atoms with van der Waals surface area (Å²) in [4.78, 5) is 23.9. The number of benzene rings is 1. The number of carbonyl (C=O) groups excluding carboxylic acids is 2. The van der Waals surface area contributed by atoms with E-state index in [1.54, 1.807) is 18.2 Å². The summed E-state index contributed by atoms with van der Waals surface area (Å²) in [5, 5.41) is 53.1. The number of aliphatic hydroxyl groups is 5. The molecule has 38 heavy (non-hydrogen) atoms. The van der Waals surface area contributed by atoms with Crippen LogP contribution in [0.4, 0.5) is 0 Å². The molecule has 1 saturated carbocycles. The van der Waals surface area contributed by atoms with Crippen molar-refractivity contribution in [1.29, 1.82) is 0 Å². The summed E-state index contributed by atoms with van der Waals surface area (Å²) < 4.78 is 27.5. The number of carbonyl (C=O) groups is 2. The number of hydrogen-bond acceptors (Lipinski definition) is 12. The van der Waals surface area contributed by atoms with Gasteiger partial charge in [0.25, 0.3) is 0 Å². The van der Waals surface area contributed by atoms with Gasteiger partial charge in [-0.15, -0.1) is 0 Å². The minimum Gasteiger partial charge on any atom is -0.472 e. The summed E-state index contributed by atoms with van der Waals surface area (Å²) in [5.41, 5.74) is -2.68. The van der Waals surface area contributed by atoms with Gasteiger partial charge in [-0.1, -0.05) is 30.3 Å². The summed E-state index contributed by atoms with van der Waals surface area (Å²) in [6.07, 6.45) is -5.81. The zero-order valence-corrected chi connectivity index (χ0v) is 20.8. The third-order valence-corrected chi connectivity index (χ3v) is 7.04. The molecule has 0 unspecified atom stereocenters. The van der Waals surface area contributed by atoms with Gasteiger partial charge in [0, 0.05) is 19.4 Å². The molecule has 12 heteroatoms. The third-order valence-electron chi connectivity index (χ3n) is 7.04. The molecule has 12 nitrogen and oxygen atoms in total. The summed E-state index contributed by atoms with van der Waals surface area (Å²) in [5.74, 6) is -2.59. The molecule has 0 radical (unpaired) electrons. The van der Waals surface area contributed by atoms with Crippen molar-refractivity contribution in [2.75, 3.05) is 6.61 Å². The van der Waals surface area contributed by atoms with E-state index in [4.69, 9.17) is 23.7 Å². The molecule has 0 bridgehead atoms. The molecular formula is C26H32O12. The van der Waals surface area contributed by atoms with E-state index >= 15 is 0 Å². The van der Waals surface area contributed by atoms with Crippen molar-refractivity contribution in [3.63, 3.8) is 0 Å². The second kappa shape index (κ2) is 11.1. The Morgan fingerprint density at radius 2 is 1.79 bits per heavy atom. The second-order valence-electron chi connectivity index (χ2n) is 9.82. The van der Waals surface area contributed by atoms with Gasteiger partial charge in [0.1, 0.15) is 42.2 Å². The summed E-state index contributed by atoms with van der Waals surface area (Å²) in [6, 6.07) is 9.04. The molecule has 0 aromatic heterocycles. The van der Waals surface area contributed by atoms with Crippen LogP contribution in [0.2, 0.25) is 0 Å². The highest BCUT2D eigenvalue weighted by Gasteiger charge is 2.66. The number of aliphatic hydroxyl groups excluding tert-OH is 4. The van der Waals surface area contributed by atoms with Crippen molar-refractivity contribution < 1.29 is 58.8 Å². The fraction of sp³-hybridized carbons (Fsp3) is 0.538. The van der Waals surface area contributed by atoms with Crippen LogP contribution >= 0.6 is 0 Å². The first kappa shape index (κ1) is 28.2. The highest BCUT2D eigenvalue weighted by atomic mass is 16.8. The molecule has 208 valence electrons. The maximum atomic E-state index is 12.7. The highest BCUT2D eigenvalue weighted by Crippen LogP contribution is 2.51. The lowest BCUT2D eigenvalue weighted by atomic mass is 9.81. The Kier molecular flexibility index (Phi) is 8.23. The van der Waals surface area contributed by atoms with Crippen molar-refractivity contribution in [3.05, 3.63) is 54.3 Å². The molecule has 0 amide bonds. The Morgan fingerprint density at radius 3 is 2.47 bits per heavy atom. The molecule has 1 aliphatic carbocycles. The zero-order valence-electron chi connectivity index (χ0n) is 20.8. The van der Waals surface area contributed by atoms with Crippen molar-refractivity contribution in [3.8, 4) is 0 Å². The van der Waals surface area contributed by atoms with E-state index in [1.807, 2.05) is 18.2 Å². The van der Waals surface area contributed by atoms with Crippen molar-refractivity contribution in [1.82, 2.24) is 0 Å². The lowest BCUT2D eigenvalue weighted by Crippen LogP contribution is -2.62. The SMILES string of the molecule is CC(=O)OC[C@H]1O[C@@H](O[C@@H]2OC=C[C@@]3(O)[C@H](O)C[C@](C)(OC(=O)/C=C/c4ccccc4)[C@@H]23)[C@H](O)[C@@H](O)[C@@H]1O. The molecular weight excluding hydrogens is 504 g/mol. The minimum absolute atomic E-state index is 0.170. The van der Waals surface area contributed by atoms with Crippen molar-refractivity contribution in [2.45, 2.75) is 74.6 Å². The smallest absolute Gasteiger partial charge is 0.331 e. The highest BCUT2D eigenvalue weighted by molar-refractivity contribution is 5.87. The number of rotatable bonds is 7. The maximum absolute atomic E-state index is 12.7. The van der Waals surface area contributed by atoms with Crippen LogP contribution in [-0.2, 0) is 33.3 Å². The van der Waals surface area contributed by atoms with Crippen LogP contribution in [0.5, 0.6) is 0 Å². The molecule has 2 heterocycles. The van der Waals surface area contributed by atoms with Gasteiger partial charge in [-0.2, -0.15) is 0 Å². The minimum atomic E-state index is -1.93. The van der Waals surface area contributed by atoms with Gasteiger partial charge in [0.2, 0.25) is 6.29 Å². The Balaban J connectivity index is 1.53. The molecule has 1 aromatic rings. The Morgan fingerprint density at radius 1 is 1.08 bits per heavy atom. The van der Waals surface area contributed by atoms with Gasteiger partial charge in [0.05, 0.1) is 18.3 Å². The quantitative estimate of drug-likeness (QED) is 0.220. The number of esters is 2. The molecule has 2 aliphatic heterocycles. The maximum Gasteiger partial charge on any atom is 0.331 e. The van der Waals surface area contributed by atoms with Crippen LogP contribution < -0.4 is 0 Å². The molecule has 1 saturated heterocycles. The van der Waals surface area contributed by atoms with E-state index in [9.17, 15) is 35.1 Å². The van der Waals surface area contributed by atoms with Gasteiger partial charge in [-0.25, -0.2) is 4.79 Å². The monoisotopic (exact) mass is 536 g/mol. The largest absolute Gasteiger partial charge is 0.472 e. The van der Waals surface area contributed by atoms with Crippen molar-refractivity contribution >= 4 is 18.0 Å². The van der Waals surface area contributed by atoms with Gasteiger partial charge < -0.3 is 49.2 Å². The fourth-order valence-corrected chi connectivity index (χ4v) is 5.10. The topological polar surface area (TPSA) is 181 Å². The van der Waals surface area contributed by atoms with E-state index in [2.05, 4.69) is 0 Å². The first-order valence-corrected chi connectivity index (χ1v) is 12.1. The average molecular weight is 537 g/mol. The first-order valence-electron chi connectivity index (χ1n) is 12.1. The normalized spacial score (nSPS) is 40.4. The lowest BCUT2D eigenvalue weighted by Gasteiger charge is -2.46. The number of hydrogen-bond donors (Lipinski definition) is 5. The zero-order chi connectivity index (χ0) is 27.7. The molecule has 5 N–H and O–H groups in total. The first-order chi connectivity index (χ1) is 17.9. The number of fused-ring (bicyclic) bond motifs is 1. The van der Waals surface area contributed by atoms with Crippen LogP contribution in [0.15, 0.2) is 48.7 Å². The Hall–Kier alpha value is -2.84. The van der Waals surface area contributed by atoms with Crippen LogP contribution in [0.3, 0.4) is 0 Å². The van der Waals surface area contributed by atoms with Gasteiger partial charge in [-0.3, -0.25) is 4.79 Å². The van der Waals surface area contributed by atoms with Crippen LogP contribution in [0.1, 0.15) is 25.8 Å². The van der Waals surface area contributed by atoms with E-state index in [0.29, 0.717) is 0 Å². The summed E-state index contributed by atoms with van der Waals surface area (Å²) in [7, 11) is 0. The lowest BCUT2D eigenvalue weighted by molar-refractivity contribution is -0.351. The summed E-state index contributed by atoms with van der Waals surface area (Å²) in [6.45, 7) is 2.23. The summed E-state index contributed by atoms with van der Waals surface area (Å²) >= 11 is 0. The van der Waals surface area contributed by atoms with E-state index in [-0.39, 0.29) is 6.42 Å². The van der Waals surface area contributed by atoms with Crippen LogP contribution in [0, 0.1) is 5.92 Å². The molecule has 4 rings (SSSR count). The second-order valence-corrected chi connectivity index (χ2v) is 9.82. The Bertz CT molecular complexity index is 1060. The van der Waals surface area contributed by atoms with Gasteiger partial charge in [0.15, 0.2) is 6.29 Å². The van der Waals surface area contributed by atoms with Gasteiger partial charge in [-0.05, 0) is 24.6 Å². The van der Waals surface area contributed by atoms with E-state index in [0.717, 1.165) is 18.7 Å². The predicted octanol–water partition coefficient (Wildman–Crippen LogP) is -0.629. The molecule has 10 atom stereocenters. The molecule has 1 aromatic carbocycles. The Labute approximate surface area is 218 Å². The van der Waals surface area contributed by atoms with E-state index < -0.39 is 78.8 Å². The standard InChI is InChI=1S/C26H32O12/c1-14(27)35-13-16-19(30)20(31)21(32)23(36-16)37-24-22-25(2,12-17(28)26(22,33)10-11-34-24)38-18(29)9-8-15-6-4-3-5-7-15/h3-11,16-17,19-24,28,30-33H,12-13H2,1-2H3/b9-8+/t16-,17-,19-,20+,21-,22-,23+,24+,25+,26-/m1/s1. The fourth-order valence-electron chi connectivity index (χ4n) is 5.10. The molecule has 2 fully saturated rings. The van der Waals surface area contributed by atoms with Crippen LogP contribution in [0.25, 0.3) is 6.08 Å². The van der Waals surface area contributed by atoms with Gasteiger partial charge >= 0.3 is 11.9 Å². The third kappa shape index (κ3) is 5.61. The molecule has 3 aliphatic rings. The van der Waals surface area contributed by atoms with Crippen LogP contribution in [-0.4, -0.2) is 98.4 Å².